The number of nitrogens with two attached hydrogens (primary N) is 1. The van der Waals surface area contributed by atoms with Gasteiger partial charge in [-0.15, -0.1) is 0 Å². The van der Waals surface area contributed by atoms with Crippen LogP contribution in [0.4, 0.5) is 0 Å². The van der Waals surface area contributed by atoms with Crippen LogP contribution in [0.3, 0.4) is 0 Å². The normalized spacial score (nSPS) is 22.9. The average Bonchev–Trinajstić information content (AvgIpc) is 2.82. The van der Waals surface area contributed by atoms with Gasteiger partial charge in [0.15, 0.2) is 0 Å². The lowest BCUT2D eigenvalue weighted by atomic mass is 9.79. The minimum atomic E-state index is 0.354. The molecule has 0 bridgehead atoms. The zero-order chi connectivity index (χ0) is 12.4. The Balaban J connectivity index is 1.80. The standard InChI is InChI=1S/C16H24N2/c17-18-16(13-5-1-2-6-13)15-10-4-9-14(11-15)12-7-3-8-12/h4,9-13,16,18H,1-3,5-8,17H2. The highest BCUT2D eigenvalue weighted by molar-refractivity contribution is 5.30. The van der Waals surface area contributed by atoms with Crippen molar-refractivity contribution in [1.29, 1.82) is 0 Å². The van der Waals surface area contributed by atoms with E-state index < -0.39 is 0 Å². The fourth-order valence-corrected chi connectivity index (χ4v) is 3.54. The van der Waals surface area contributed by atoms with Crippen molar-refractivity contribution in [2.45, 2.75) is 56.9 Å². The molecule has 2 aliphatic rings. The summed E-state index contributed by atoms with van der Waals surface area (Å²) in [7, 11) is 0. The van der Waals surface area contributed by atoms with E-state index in [1.807, 2.05) is 0 Å². The number of hydrogen-bond donors (Lipinski definition) is 2. The molecule has 1 atom stereocenters. The first-order valence-corrected chi connectivity index (χ1v) is 7.44. The van der Waals surface area contributed by atoms with Gasteiger partial charge in [0.05, 0.1) is 0 Å². The van der Waals surface area contributed by atoms with Crippen LogP contribution in [0, 0.1) is 5.92 Å². The minimum absolute atomic E-state index is 0.354. The molecule has 2 nitrogen and oxygen atoms in total. The maximum Gasteiger partial charge on any atom is 0.0488 e. The van der Waals surface area contributed by atoms with Crippen LogP contribution in [0.25, 0.3) is 0 Å². The Hall–Kier alpha value is -0.860. The second kappa shape index (κ2) is 5.41. The van der Waals surface area contributed by atoms with Gasteiger partial charge < -0.3 is 0 Å². The predicted octanol–water partition coefficient (Wildman–Crippen LogP) is 3.65. The van der Waals surface area contributed by atoms with E-state index in [1.165, 1.54) is 56.1 Å². The molecule has 0 aliphatic heterocycles. The third kappa shape index (κ3) is 2.32. The van der Waals surface area contributed by atoms with Crippen molar-refractivity contribution in [2.75, 3.05) is 0 Å². The first-order chi connectivity index (χ1) is 8.88. The second-order valence-corrected chi connectivity index (χ2v) is 5.99. The van der Waals surface area contributed by atoms with Gasteiger partial charge in [-0.2, -0.15) is 0 Å². The molecule has 0 amide bonds. The lowest BCUT2D eigenvalue weighted by Gasteiger charge is -2.28. The predicted molar refractivity (Wildman–Crippen MR) is 75.1 cm³/mol. The molecule has 0 aromatic heterocycles. The van der Waals surface area contributed by atoms with Crippen LogP contribution in [0.5, 0.6) is 0 Å². The van der Waals surface area contributed by atoms with Crippen LogP contribution < -0.4 is 11.3 Å². The van der Waals surface area contributed by atoms with E-state index in [1.54, 1.807) is 0 Å². The number of hydrazine groups is 1. The Bertz CT molecular complexity index is 392. The monoisotopic (exact) mass is 244 g/mol. The minimum Gasteiger partial charge on any atom is -0.271 e. The van der Waals surface area contributed by atoms with Gasteiger partial charge in [-0.3, -0.25) is 11.3 Å². The Morgan fingerprint density at radius 3 is 2.44 bits per heavy atom. The Morgan fingerprint density at radius 1 is 1.06 bits per heavy atom. The summed E-state index contributed by atoms with van der Waals surface area (Å²) in [5.74, 6) is 7.35. The van der Waals surface area contributed by atoms with Crippen molar-refractivity contribution in [3.63, 3.8) is 0 Å². The van der Waals surface area contributed by atoms with Gasteiger partial charge in [-0.25, -0.2) is 0 Å². The molecule has 2 heteroatoms. The zero-order valence-electron chi connectivity index (χ0n) is 11.1. The number of benzene rings is 1. The summed E-state index contributed by atoms with van der Waals surface area (Å²) in [5, 5.41) is 0. The third-order valence-electron chi connectivity index (χ3n) is 4.90. The van der Waals surface area contributed by atoms with Crippen LogP contribution >= 0.6 is 0 Å². The third-order valence-corrected chi connectivity index (χ3v) is 4.90. The lowest BCUT2D eigenvalue weighted by Crippen LogP contribution is -2.32. The number of hydrogen-bond acceptors (Lipinski definition) is 2. The summed E-state index contributed by atoms with van der Waals surface area (Å²) in [6.07, 6.45) is 9.51. The highest BCUT2D eigenvalue weighted by Crippen LogP contribution is 2.39. The molecule has 3 rings (SSSR count). The van der Waals surface area contributed by atoms with Gasteiger partial charge >= 0.3 is 0 Å². The molecule has 1 aromatic carbocycles. The summed E-state index contributed by atoms with van der Waals surface area (Å²) < 4.78 is 0. The molecule has 3 N–H and O–H groups in total. The first-order valence-electron chi connectivity index (χ1n) is 7.44. The highest BCUT2D eigenvalue weighted by Gasteiger charge is 2.26. The van der Waals surface area contributed by atoms with Crippen LogP contribution in [-0.2, 0) is 0 Å². The van der Waals surface area contributed by atoms with Crippen LogP contribution in [0.2, 0.25) is 0 Å². The molecule has 2 saturated carbocycles. The van der Waals surface area contributed by atoms with Gasteiger partial charge in [0.2, 0.25) is 0 Å². The van der Waals surface area contributed by atoms with E-state index in [9.17, 15) is 0 Å². The van der Waals surface area contributed by atoms with Crippen molar-refractivity contribution in [3.05, 3.63) is 35.4 Å². The smallest absolute Gasteiger partial charge is 0.0488 e. The Kier molecular flexibility index (Phi) is 3.67. The molecule has 0 spiro atoms. The second-order valence-electron chi connectivity index (χ2n) is 5.99. The fourth-order valence-electron chi connectivity index (χ4n) is 3.54. The maximum atomic E-state index is 5.81. The van der Waals surface area contributed by atoms with Gasteiger partial charge in [0.1, 0.15) is 0 Å². The summed E-state index contributed by atoms with van der Waals surface area (Å²) in [6.45, 7) is 0. The lowest BCUT2D eigenvalue weighted by molar-refractivity contribution is 0.371. The molecular weight excluding hydrogens is 220 g/mol. The van der Waals surface area contributed by atoms with Gasteiger partial charge in [-0.05, 0) is 48.6 Å². The van der Waals surface area contributed by atoms with E-state index in [4.69, 9.17) is 5.84 Å². The summed E-state index contributed by atoms with van der Waals surface area (Å²) in [6, 6.07) is 9.49. The highest BCUT2D eigenvalue weighted by atomic mass is 15.2. The topological polar surface area (TPSA) is 38.0 Å². The van der Waals surface area contributed by atoms with E-state index in [2.05, 4.69) is 29.7 Å². The van der Waals surface area contributed by atoms with Crippen molar-refractivity contribution in [3.8, 4) is 0 Å². The Morgan fingerprint density at radius 2 is 1.83 bits per heavy atom. The van der Waals surface area contributed by atoms with E-state index in [0.717, 1.165) is 11.8 Å². The van der Waals surface area contributed by atoms with Crippen molar-refractivity contribution < 1.29 is 0 Å². The summed E-state index contributed by atoms with van der Waals surface area (Å²) in [5.41, 5.74) is 5.98. The van der Waals surface area contributed by atoms with Crippen LogP contribution in [0.15, 0.2) is 24.3 Å². The Labute approximate surface area is 110 Å². The molecule has 2 aliphatic carbocycles. The molecule has 0 radical (unpaired) electrons. The van der Waals surface area contributed by atoms with Crippen molar-refractivity contribution in [1.82, 2.24) is 5.43 Å². The molecule has 2 fully saturated rings. The van der Waals surface area contributed by atoms with Gasteiger partial charge in [-0.1, -0.05) is 43.5 Å². The SMILES string of the molecule is NNC(c1cccc(C2CCC2)c1)C1CCCC1. The molecule has 18 heavy (non-hydrogen) atoms. The van der Waals surface area contributed by atoms with Gasteiger partial charge in [0.25, 0.3) is 0 Å². The van der Waals surface area contributed by atoms with Crippen molar-refractivity contribution in [2.24, 2.45) is 11.8 Å². The van der Waals surface area contributed by atoms with Crippen molar-refractivity contribution >= 4 is 0 Å². The zero-order valence-corrected chi connectivity index (χ0v) is 11.1. The molecule has 98 valence electrons. The van der Waals surface area contributed by atoms with E-state index in [-0.39, 0.29) is 0 Å². The number of rotatable bonds is 4. The largest absolute Gasteiger partial charge is 0.271 e. The number of nitrogens with one attached hydrogen (secondary N) is 1. The molecule has 0 saturated heterocycles. The summed E-state index contributed by atoms with van der Waals surface area (Å²) >= 11 is 0. The van der Waals surface area contributed by atoms with E-state index >= 15 is 0 Å². The quantitative estimate of drug-likeness (QED) is 0.626. The summed E-state index contributed by atoms with van der Waals surface area (Å²) in [4.78, 5) is 0. The maximum absolute atomic E-state index is 5.81. The van der Waals surface area contributed by atoms with Crippen LogP contribution in [0.1, 0.15) is 68.0 Å². The molecule has 1 aromatic rings. The first kappa shape index (κ1) is 12.2. The fraction of sp³-hybridized carbons (Fsp3) is 0.625. The van der Waals surface area contributed by atoms with Gasteiger partial charge in [0, 0.05) is 6.04 Å². The molecule has 1 unspecified atom stereocenters. The molecular formula is C16H24N2. The average molecular weight is 244 g/mol. The van der Waals surface area contributed by atoms with E-state index in [0.29, 0.717) is 6.04 Å². The van der Waals surface area contributed by atoms with Crippen LogP contribution in [-0.4, -0.2) is 0 Å². The molecule has 0 heterocycles.